The molecule has 90 valence electrons. The summed E-state index contributed by atoms with van der Waals surface area (Å²) in [6, 6.07) is 6.07. The molecule has 3 heteroatoms. The lowest BCUT2D eigenvalue weighted by Crippen LogP contribution is -2.08. The molecule has 0 bridgehead atoms. The van der Waals surface area contributed by atoms with Crippen LogP contribution in [-0.2, 0) is 0 Å². The first-order valence-corrected chi connectivity index (χ1v) is 7.30. The fourth-order valence-corrected chi connectivity index (χ4v) is 2.52. The number of hydrogen-bond donors (Lipinski definition) is 1. The number of halogens is 2. The maximum atomic E-state index is 10.2. The van der Waals surface area contributed by atoms with Crippen molar-refractivity contribution in [1.29, 1.82) is 0 Å². The Labute approximate surface area is 120 Å². The fourth-order valence-electron chi connectivity index (χ4n) is 1.50. The zero-order chi connectivity index (χ0) is 12.3. The van der Waals surface area contributed by atoms with E-state index in [-0.39, 0.29) is 11.5 Å². The lowest BCUT2D eigenvalue weighted by molar-refractivity contribution is 0.147. The summed E-state index contributed by atoms with van der Waals surface area (Å²) >= 11 is 5.76. The molecular weight excluding hydrogens is 379 g/mol. The van der Waals surface area contributed by atoms with Gasteiger partial charge >= 0.3 is 0 Å². The molecule has 0 fully saturated rings. The Hall–Kier alpha value is 0.390. The Morgan fingerprint density at radius 3 is 2.56 bits per heavy atom. The largest absolute Gasteiger partial charge is 0.388 e. The molecule has 1 atom stereocenters. The topological polar surface area (TPSA) is 20.2 Å². The Morgan fingerprint density at radius 1 is 1.38 bits per heavy atom. The maximum Gasteiger partial charge on any atom is 0.0801 e. The van der Waals surface area contributed by atoms with Gasteiger partial charge in [0.2, 0.25) is 0 Å². The van der Waals surface area contributed by atoms with Gasteiger partial charge in [-0.25, -0.2) is 0 Å². The molecule has 0 radical (unpaired) electrons. The van der Waals surface area contributed by atoms with Crippen LogP contribution in [0.5, 0.6) is 0 Å². The van der Waals surface area contributed by atoms with Crippen LogP contribution in [0, 0.1) is 8.99 Å². The lowest BCUT2D eigenvalue weighted by Gasteiger charge is -2.21. The van der Waals surface area contributed by atoms with Gasteiger partial charge in [-0.2, -0.15) is 0 Å². The highest BCUT2D eigenvalue weighted by Gasteiger charge is 2.16. The average Bonchev–Trinajstić information content (AvgIpc) is 2.17. The summed E-state index contributed by atoms with van der Waals surface area (Å²) in [5.41, 5.74) is 1.27. The first-order valence-electron chi connectivity index (χ1n) is 5.42. The van der Waals surface area contributed by atoms with Crippen LogP contribution in [0.4, 0.5) is 0 Å². The number of aliphatic hydroxyl groups is 1. The van der Waals surface area contributed by atoms with E-state index in [1.54, 1.807) is 0 Å². The molecule has 1 nitrogen and oxygen atoms in total. The number of rotatable bonds is 3. The predicted octanol–water partition coefficient (Wildman–Crippen LogP) is 4.91. The minimum atomic E-state index is -0.372. The van der Waals surface area contributed by atoms with Gasteiger partial charge in [0.1, 0.15) is 0 Å². The standard InChI is InChI=1S/C13H18BrIO/c1-13(2,3)7-6-12(16)10-8-9(15)4-5-11(10)14/h4-5,8,12,16H,6-7H2,1-3H3. The molecule has 1 rings (SSSR count). The van der Waals surface area contributed by atoms with Crippen LogP contribution in [0.15, 0.2) is 22.7 Å². The molecule has 0 heterocycles. The lowest BCUT2D eigenvalue weighted by atomic mass is 9.88. The first-order chi connectivity index (χ1) is 7.29. The van der Waals surface area contributed by atoms with E-state index in [1.165, 1.54) is 0 Å². The molecule has 0 saturated heterocycles. The van der Waals surface area contributed by atoms with E-state index in [0.29, 0.717) is 0 Å². The normalized spacial score (nSPS) is 13.9. The van der Waals surface area contributed by atoms with Gasteiger partial charge in [-0.3, -0.25) is 0 Å². The molecule has 0 aliphatic carbocycles. The van der Waals surface area contributed by atoms with Gasteiger partial charge in [-0.1, -0.05) is 36.7 Å². The Bertz CT molecular complexity index is 357. The van der Waals surface area contributed by atoms with Crippen molar-refractivity contribution in [2.45, 2.75) is 39.7 Å². The molecule has 1 aromatic rings. The van der Waals surface area contributed by atoms with Crippen molar-refractivity contribution in [2.75, 3.05) is 0 Å². The molecule has 0 spiro atoms. The molecule has 0 saturated carbocycles. The summed E-state index contributed by atoms with van der Waals surface area (Å²) in [4.78, 5) is 0. The van der Waals surface area contributed by atoms with Crippen LogP contribution in [0.3, 0.4) is 0 Å². The van der Waals surface area contributed by atoms with Gasteiger partial charge in [0.25, 0.3) is 0 Å². The molecule has 1 N–H and O–H groups in total. The van der Waals surface area contributed by atoms with Crippen LogP contribution in [-0.4, -0.2) is 5.11 Å². The first kappa shape index (κ1) is 14.5. The smallest absolute Gasteiger partial charge is 0.0801 e. The SMILES string of the molecule is CC(C)(C)CCC(O)c1cc(I)ccc1Br. The van der Waals surface area contributed by atoms with Crippen LogP contribution in [0.2, 0.25) is 0 Å². The second-order valence-electron chi connectivity index (χ2n) is 5.28. The van der Waals surface area contributed by atoms with Crippen molar-refractivity contribution in [1.82, 2.24) is 0 Å². The van der Waals surface area contributed by atoms with Gasteiger partial charge in [0.15, 0.2) is 0 Å². The van der Waals surface area contributed by atoms with E-state index >= 15 is 0 Å². The summed E-state index contributed by atoms with van der Waals surface area (Å²) in [5.74, 6) is 0. The van der Waals surface area contributed by atoms with Gasteiger partial charge in [0.05, 0.1) is 6.10 Å². The highest BCUT2D eigenvalue weighted by molar-refractivity contribution is 14.1. The summed E-state index contributed by atoms with van der Waals surface area (Å²) in [5, 5.41) is 10.2. The average molecular weight is 397 g/mol. The highest BCUT2D eigenvalue weighted by atomic mass is 127. The summed E-state index contributed by atoms with van der Waals surface area (Å²) < 4.78 is 2.15. The molecule has 16 heavy (non-hydrogen) atoms. The minimum Gasteiger partial charge on any atom is -0.388 e. The Balaban J connectivity index is 2.73. The van der Waals surface area contributed by atoms with Crippen molar-refractivity contribution in [3.05, 3.63) is 31.8 Å². The molecule has 0 aliphatic rings. The molecule has 0 aliphatic heterocycles. The molecular formula is C13H18BrIO. The van der Waals surface area contributed by atoms with Crippen LogP contribution >= 0.6 is 38.5 Å². The van der Waals surface area contributed by atoms with Gasteiger partial charge in [-0.05, 0) is 64.6 Å². The summed E-state index contributed by atoms with van der Waals surface area (Å²) in [6.45, 7) is 6.59. The van der Waals surface area contributed by atoms with Gasteiger partial charge < -0.3 is 5.11 Å². The van der Waals surface area contributed by atoms with Crippen molar-refractivity contribution in [3.63, 3.8) is 0 Å². The number of aliphatic hydroxyl groups excluding tert-OH is 1. The van der Waals surface area contributed by atoms with E-state index in [9.17, 15) is 5.11 Å². The van der Waals surface area contributed by atoms with Crippen molar-refractivity contribution >= 4 is 38.5 Å². The third-order valence-corrected chi connectivity index (χ3v) is 3.88. The Kier molecular flexibility index (Phi) is 5.26. The second kappa shape index (κ2) is 5.83. The van der Waals surface area contributed by atoms with Crippen LogP contribution in [0.1, 0.15) is 45.3 Å². The predicted molar refractivity (Wildman–Crippen MR) is 80.5 cm³/mol. The molecule has 1 aromatic carbocycles. The maximum absolute atomic E-state index is 10.2. The van der Waals surface area contributed by atoms with E-state index in [1.807, 2.05) is 18.2 Å². The van der Waals surface area contributed by atoms with Gasteiger partial charge in [0, 0.05) is 8.04 Å². The van der Waals surface area contributed by atoms with Gasteiger partial charge in [-0.15, -0.1) is 0 Å². The number of benzene rings is 1. The fraction of sp³-hybridized carbons (Fsp3) is 0.538. The third-order valence-electron chi connectivity index (χ3n) is 2.48. The van der Waals surface area contributed by atoms with E-state index in [4.69, 9.17) is 0 Å². The molecule has 0 amide bonds. The van der Waals surface area contributed by atoms with Crippen LogP contribution < -0.4 is 0 Å². The second-order valence-corrected chi connectivity index (χ2v) is 7.38. The zero-order valence-electron chi connectivity index (χ0n) is 9.93. The number of hydrogen-bond acceptors (Lipinski definition) is 1. The minimum absolute atomic E-state index is 0.273. The van der Waals surface area contributed by atoms with Crippen molar-refractivity contribution in [3.8, 4) is 0 Å². The summed E-state index contributed by atoms with van der Waals surface area (Å²) in [7, 11) is 0. The molecule has 1 unspecified atom stereocenters. The third kappa shape index (κ3) is 4.72. The van der Waals surface area contributed by atoms with E-state index < -0.39 is 0 Å². The van der Waals surface area contributed by atoms with Crippen molar-refractivity contribution < 1.29 is 5.11 Å². The zero-order valence-corrected chi connectivity index (χ0v) is 13.7. The monoisotopic (exact) mass is 396 g/mol. The summed E-state index contributed by atoms with van der Waals surface area (Å²) in [6.07, 6.45) is 1.46. The highest BCUT2D eigenvalue weighted by Crippen LogP contribution is 2.31. The Morgan fingerprint density at radius 2 is 2.00 bits per heavy atom. The van der Waals surface area contributed by atoms with Crippen molar-refractivity contribution in [2.24, 2.45) is 5.41 Å². The van der Waals surface area contributed by atoms with E-state index in [0.717, 1.165) is 26.4 Å². The quantitative estimate of drug-likeness (QED) is 0.719. The van der Waals surface area contributed by atoms with E-state index in [2.05, 4.69) is 59.3 Å². The van der Waals surface area contributed by atoms with Crippen LogP contribution in [0.25, 0.3) is 0 Å². The molecule has 0 aromatic heterocycles.